The van der Waals surface area contributed by atoms with Crippen LogP contribution in [0, 0.1) is 0 Å². The third-order valence-corrected chi connectivity index (χ3v) is 3.45. The molecule has 1 aromatic heterocycles. The van der Waals surface area contributed by atoms with Crippen LogP contribution in [0.5, 0.6) is 5.75 Å². The van der Waals surface area contributed by atoms with Crippen LogP contribution in [0.2, 0.25) is 0 Å². The fraction of sp³-hybridized carbons (Fsp3) is 0.471. The zero-order valence-electron chi connectivity index (χ0n) is 14.7. The summed E-state index contributed by atoms with van der Waals surface area (Å²) in [5.41, 5.74) is 6.01. The number of carbonyl (C=O) groups excluding carboxylic acids is 1. The van der Waals surface area contributed by atoms with Gasteiger partial charge in [-0.3, -0.25) is 4.79 Å². The average molecular weight is 369 g/mol. The van der Waals surface area contributed by atoms with Crippen LogP contribution in [0.25, 0.3) is 11.4 Å². The molecule has 25 heavy (non-hydrogen) atoms. The number of carbonyl (C=O) groups is 1. The molecule has 0 bridgehead atoms. The van der Waals surface area contributed by atoms with E-state index >= 15 is 0 Å². The maximum atomic E-state index is 11.9. The molecule has 0 spiro atoms. The lowest BCUT2D eigenvalue weighted by Gasteiger charge is -2.23. The first-order chi connectivity index (χ1) is 11.4. The van der Waals surface area contributed by atoms with Gasteiger partial charge in [0.1, 0.15) is 5.75 Å². The van der Waals surface area contributed by atoms with Gasteiger partial charge >= 0.3 is 0 Å². The molecular weight excluding hydrogens is 344 g/mol. The van der Waals surface area contributed by atoms with Crippen LogP contribution in [0.15, 0.2) is 28.8 Å². The summed E-state index contributed by atoms with van der Waals surface area (Å²) in [5, 5.41) is 6.82. The molecule has 1 heterocycles. The Morgan fingerprint density at radius 1 is 1.32 bits per heavy atom. The molecule has 3 N–H and O–H groups in total. The van der Waals surface area contributed by atoms with Crippen molar-refractivity contribution < 1.29 is 14.1 Å². The Morgan fingerprint density at radius 2 is 2.00 bits per heavy atom. The minimum Gasteiger partial charge on any atom is -0.494 e. The molecule has 0 saturated heterocycles. The number of hydrogen-bond donors (Lipinski definition) is 2. The SMILES string of the molecule is CCOc1ccc(-c2noc(CCC(=O)NC(C)(C)CN)n2)cc1.Cl. The van der Waals surface area contributed by atoms with Crippen LogP contribution in [0.1, 0.15) is 33.1 Å². The molecule has 0 radical (unpaired) electrons. The molecule has 8 heteroatoms. The standard InChI is InChI=1S/C17H24N4O3.ClH/c1-4-23-13-7-5-12(6-8-13)16-19-15(24-21-16)10-9-14(22)20-17(2,3)11-18;/h5-8H,4,9-11,18H2,1-3H3,(H,20,22);1H. The van der Waals surface area contributed by atoms with Gasteiger partial charge in [0.05, 0.1) is 6.61 Å². The smallest absolute Gasteiger partial charge is 0.227 e. The van der Waals surface area contributed by atoms with Crippen LogP contribution in [-0.2, 0) is 11.2 Å². The molecular formula is C17H25ClN4O3. The van der Waals surface area contributed by atoms with E-state index < -0.39 is 5.54 Å². The van der Waals surface area contributed by atoms with E-state index in [9.17, 15) is 4.79 Å². The molecule has 0 aliphatic carbocycles. The predicted octanol–water partition coefficient (Wildman–Crippen LogP) is 2.34. The summed E-state index contributed by atoms with van der Waals surface area (Å²) < 4.78 is 10.6. The van der Waals surface area contributed by atoms with Crippen molar-refractivity contribution in [3.63, 3.8) is 0 Å². The minimum absolute atomic E-state index is 0. The van der Waals surface area contributed by atoms with Gasteiger partial charge in [-0.1, -0.05) is 5.16 Å². The quantitative estimate of drug-likeness (QED) is 0.741. The molecule has 0 unspecified atom stereocenters. The zero-order chi connectivity index (χ0) is 17.6. The molecule has 1 aromatic carbocycles. The van der Waals surface area contributed by atoms with Gasteiger partial charge in [-0.05, 0) is 45.0 Å². The summed E-state index contributed by atoms with van der Waals surface area (Å²) in [6.07, 6.45) is 0.658. The van der Waals surface area contributed by atoms with Gasteiger partial charge in [0, 0.05) is 30.5 Å². The number of nitrogens with two attached hydrogens (primary N) is 1. The highest BCUT2D eigenvalue weighted by molar-refractivity contribution is 5.85. The molecule has 2 aromatic rings. The van der Waals surface area contributed by atoms with E-state index in [1.54, 1.807) is 0 Å². The molecule has 0 saturated carbocycles. The highest BCUT2D eigenvalue weighted by Gasteiger charge is 2.18. The second kappa shape index (κ2) is 9.39. The molecule has 2 rings (SSSR count). The van der Waals surface area contributed by atoms with Crippen molar-refractivity contribution in [1.29, 1.82) is 0 Å². The predicted molar refractivity (Wildman–Crippen MR) is 97.7 cm³/mol. The van der Waals surface area contributed by atoms with Crippen molar-refractivity contribution in [2.24, 2.45) is 5.73 Å². The lowest BCUT2D eigenvalue weighted by Crippen LogP contribution is -2.48. The Bertz CT molecular complexity index is 671. The van der Waals surface area contributed by atoms with Gasteiger partial charge in [-0.2, -0.15) is 4.98 Å². The second-order valence-electron chi connectivity index (χ2n) is 6.11. The first-order valence-corrected chi connectivity index (χ1v) is 8.00. The second-order valence-corrected chi connectivity index (χ2v) is 6.11. The Balaban J connectivity index is 0.00000312. The number of nitrogens with zero attached hydrogens (tertiary/aromatic N) is 2. The van der Waals surface area contributed by atoms with E-state index in [0.717, 1.165) is 11.3 Å². The molecule has 138 valence electrons. The number of hydrogen-bond acceptors (Lipinski definition) is 6. The van der Waals surface area contributed by atoms with E-state index in [2.05, 4.69) is 15.5 Å². The summed E-state index contributed by atoms with van der Waals surface area (Å²) in [6, 6.07) is 7.46. The Labute approximate surface area is 153 Å². The van der Waals surface area contributed by atoms with Crippen LogP contribution in [0.3, 0.4) is 0 Å². The van der Waals surface area contributed by atoms with E-state index in [1.807, 2.05) is 45.0 Å². The largest absolute Gasteiger partial charge is 0.494 e. The Hall–Kier alpha value is -2.12. The minimum atomic E-state index is -0.417. The van der Waals surface area contributed by atoms with Gasteiger partial charge in [0.15, 0.2) is 0 Å². The van der Waals surface area contributed by atoms with Crippen LogP contribution in [0.4, 0.5) is 0 Å². The molecule has 7 nitrogen and oxygen atoms in total. The molecule has 1 amide bonds. The van der Waals surface area contributed by atoms with Crippen molar-refractivity contribution in [3.05, 3.63) is 30.2 Å². The van der Waals surface area contributed by atoms with Gasteiger partial charge in [-0.25, -0.2) is 0 Å². The summed E-state index contributed by atoms with van der Waals surface area (Å²) in [7, 11) is 0. The van der Waals surface area contributed by atoms with E-state index in [0.29, 0.717) is 31.3 Å². The Morgan fingerprint density at radius 3 is 2.60 bits per heavy atom. The number of ether oxygens (including phenoxy) is 1. The summed E-state index contributed by atoms with van der Waals surface area (Å²) in [5.74, 6) is 1.63. The lowest BCUT2D eigenvalue weighted by atomic mass is 10.1. The van der Waals surface area contributed by atoms with Crippen molar-refractivity contribution >= 4 is 18.3 Å². The fourth-order valence-corrected chi connectivity index (χ4v) is 2.05. The van der Waals surface area contributed by atoms with Crippen molar-refractivity contribution in [3.8, 4) is 17.1 Å². The van der Waals surface area contributed by atoms with Crippen LogP contribution >= 0.6 is 12.4 Å². The summed E-state index contributed by atoms with van der Waals surface area (Å²) in [4.78, 5) is 16.2. The topological polar surface area (TPSA) is 103 Å². The molecule has 0 fully saturated rings. The fourth-order valence-electron chi connectivity index (χ4n) is 2.05. The van der Waals surface area contributed by atoms with Crippen molar-refractivity contribution in [1.82, 2.24) is 15.5 Å². The highest BCUT2D eigenvalue weighted by atomic mass is 35.5. The highest BCUT2D eigenvalue weighted by Crippen LogP contribution is 2.20. The van der Waals surface area contributed by atoms with Gasteiger partial charge in [-0.15, -0.1) is 12.4 Å². The summed E-state index contributed by atoms with van der Waals surface area (Å²) >= 11 is 0. The molecule has 0 aliphatic heterocycles. The lowest BCUT2D eigenvalue weighted by molar-refractivity contribution is -0.122. The maximum absolute atomic E-state index is 11.9. The third kappa shape index (κ3) is 6.36. The van der Waals surface area contributed by atoms with Crippen LogP contribution < -0.4 is 15.8 Å². The third-order valence-electron chi connectivity index (χ3n) is 3.45. The van der Waals surface area contributed by atoms with Crippen molar-refractivity contribution in [2.75, 3.05) is 13.2 Å². The number of amides is 1. The molecule has 0 aliphatic rings. The van der Waals surface area contributed by atoms with E-state index in [-0.39, 0.29) is 24.7 Å². The summed E-state index contributed by atoms with van der Waals surface area (Å²) in [6.45, 7) is 6.68. The van der Waals surface area contributed by atoms with Gasteiger partial charge in [0.25, 0.3) is 0 Å². The average Bonchev–Trinajstić information content (AvgIpc) is 3.03. The first-order valence-electron chi connectivity index (χ1n) is 8.00. The van der Waals surface area contributed by atoms with E-state index in [4.69, 9.17) is 15.0 Å². The normalized spacial score (nSPS) is 10.9. The number of aromatic nitrogens is 2. The van der Waals surface area contributed by atoms with Gasteiger partial charge < -0.3 is 20.3 Å². The number of rotatable bonds is 8. The monoisotopic (exact) mass is 368 g/mol. The molecule has 0 atom stereocenters. The van der Waals surface area contributed by atoms with Crippen LogP contribution in [-0.4, -0.2) is 34.7 Å². The first kappa shape index (κ1) is 20.9. The number of benzene rings is 1. The van der Waals surface area contributed by atoms with Gasteiger partial charge in [0.2, 0.25) is 17.6 Å². The Kier molecular flexibility index (Phi) is 7.86. The maximum Gasteiger partial charge on any atom is 0.227 e. The van der Waals surface area contributed by atoms with E-state index in [1.165, 1.54) is 0 Å². The zero-order valence-corrected chi connectivity index (χ0v) is 15.6. The number of nitrogens with one attached hydrogen (secondary N) is 1. The number of halogens is 1. The van der Waals surface area contributed by atoms with Crippen molar-refractivity contribution in [2.45, 2.75) is 39.2 Å². The number of aryl methyl sites for hydroxylation is 1.